The highest BCUT2D eigenvalue weighted by molar-refractivity contribution is 5.82. The minimum absolute atomic E-state index is 0.211. The molecule has 0 aromatic heterocycles. The standard InChI is InChI=1S/C13H23NO2/c1-3-10(2)12(15)9-14-7-8-16-13-6-4-5-11(13)14/h10-11,13H,3-9H2,1-2H3. The number of rotatable bonds is 4. The van der Waals surface area contributed by atoms with Crippen LogP contribution in [0.25, 0.3) is 0 Å². The summed E-state index contributed by atoms with van der Waals surface area (Å²) in [6, 6.07) is 0.516. The van der Waals surface area contributed by atoms with Crippen LogP contribution in [0.3, 0.4) is 0 Å². The molecule has 1 heterocycles. The average Bonchev–Trinajstić information content (AvgIpc) is 2.77. The smallest absolute Gasteiger partial charge is 0.149 e. The van der Waals surface area contributed by atoms with E-state index in [1.165, 1.54) is 19.3 Å². The minimum Gasteiger partial charge on any atom is -0.375 e. The predicted octanol–water partition coefficient (Wildman–Crippen LogP) is 1.85. The van der Waals surface area contributed by atoms with Gasteiger partial charge in [0.25, 0.3) is 0 Å². The van der Waals surface area contributed by atoms with Gasteiger partial charge in [0.1, 0.15) is 5.78 Å². The van der Waals surface area contributed by atoms with Crippen molar-refractivity contribution in [3.05, 3.63) is 0 Å². The number of morpholine rings is 1. The number of fused-ring (bicyclic) bond motifs is 1. The number of hydrogen-bond donors (Lipinski definition) is 0. The van der Waals surface area contributed by atoms with E-state index in [1.807, 2.05) is 6.92 Å². The van der Waals surface area contributed by atoms with Gasteiger partial charge in [0.15, 0.2) is 0 Å². The molecule has 3 atom stereocenters. The number of Topliss-reactive ketones (excluding diaryl/α,β-unsaturated/α-hetero) is 1. The van der Waals surface area contributed by atoms with Crippen LogP contribution in [0.15, 0.2) is 0 Å². The van der Waals surface area contributed by atoms with Gasteiger partial charge in [-0.3, -0.25) is 9.69 Å². The molecule has 0 aromatic rings. The lowest BCUT2D eigenvalue weighted by atomic mass is 10.0. The fraction of sp³-hybridized carbons (Fsp3) is 0.923. The van der Waals surface area contributed by atoms with Gasteiger partial charge in [0, 0.05) is 18.5 Å². The van der Waals surface area contributed by atoms with Gasteiger partial charge in [-0.15, -0.1) is 0 Å². The Morgan fingerprint density at radius 2 is 2.31 bits per heavy atom. The topological polar surface area (TPSA) is 29.5 Å². The van der Waals surface area contributed by atoms with E-state index in [2.05, 4.69) is 11.8 Å². The van der Waals surface area contributed by atoms with Crippen molar-refractivity contribution in [3.8, 4) is 0 Å². The summed E-state index contributed by atoms with van der Waals surface area (Å²) < 4.78 is 5.75. The third kappa shape index (κ3) is 2.46. The molecule has 1 saturated heterocycles. The van der Waals surface area contributed by atoms with E-state index in [1.54, 1.807) is 0 Å². The van der Waals surface area contributed by atoms with E-state index in [0.29, 0.717) is 24.5 Å². The summed E-state index contributed by atoms with van der Waals surface area (Å²) in [4.78, 5) is 14.3. The maximum atomic E-state index is 11.9. The van der Waals surface area contributed by atoms with Crippen molar-refractivity contribution >= 4 is 5.78 Å². The summed E-state index contributed by atoms with van der Waals surface area (Å²) in [5.41, 5.74) is 0. The summed E-state index contributed by atoms with van der Waals surface area (Å²) in [6.07, 6.45) is 5.00. The molecule has 0 bridgehead atoms. The van der Waals surface area contributed by atoms with Gasteiger partial charge in [-0.1, -0.05) is 13.8 Å². The van der Waals surface area contributed by atoms with Crippen molar-refractivity contribution < 1.29 is 9.53 Å². The van der Waals surface area contributed by atoms with Crippen LogP contribution in [0.2, 0.25) is 0 Å². The van der Waals surface area contributed by atoms with Crippen LogP contribution < -0.4 is 0 Å². The molecule has 0 radical (unpaired) electrons. The third-order valence-electron chi connectivity index (χ3n) is 4.12. The highest BCUT2D eigenvalue weighted by atomic mass is 16.5. The Labute approximate surface area is 98.1 Å². The molecule has 3 heteroatoms. The largest absolute Gasteiger partial charge is 0.375 e. The quantitative estimate of drug-likeness (QED) is 0.731. The van der Waals surface area contributed by atoms with E-state index in [-0.39, 0.29) is 5.92 Å². The lowest BCUT2D eigenvalue weighted by molar-refractivity contribution is -0.127. The second-order valence-corrected chi connectivity index (χ2v) is 5.15. The normalized spacial score (nSPS) is 32.4. The summed E-state index contributed by atoms with van der Waals surface area (Å²) in [5.74, 6) is 0.609. The van der Waals surface area contributed by atoms with Crippen LogP contribution in [-0.2, 0) is 9.53 Å². The van der Waals surface area contributed by atoms with Gasteiger partial charge in [-0.25, -0.2) is 0 Å². The van der Waals surface area contributed by atoms with E-state index in [0.717, 1.165) is 19.6 Å². The van der Waals surface area contributed by atoms with Gasteiger partial charge in [0.2, 0.25) is 0 Å². The zero-order valence-corrected chi connectivity index (χ0v) is 10.4. The van der Waals surface area contributed by atoms with Crippen LogP contribution in [0.4, 0.5) is 0 Å². The monoisotopic (exact) mass is 225 g/mol. The highest BCUT2D eigenvalue weighted by Gasteiger charge is 2.36. The van der Waals surface area contributed by atoms with Crippen molar-refractivity contribution in [3.63, 3.8) is 0 Å². The molecule has 3 unspecified atom stereocenters. The molecule has 2 rings (SSSR count). The number of ketones is 1. The van der Waals surface area contributed by atoms with Crippen molar-refractivity contribution in [2.45, 2.75) is 51.7 Å². The summed E-state index contributed by atoms with van der Waals surface area (Å²) in [6.45, 7) is 6.49. The number of hydrogen-bond acceptors (Lipinski definition) is 3. The predicted molar refractivity (Wildman–Crippen MR) is 63.4 cm³/mol. The number of carbonyl (C=O) groups is 1. The Morgan fingerprint density at radius 1 is 1.50 bits per heavy atom. The molecule has 92 valence electrons. The molecule has 0 N–H and O–H groups in total. The molecule has 1 aliphatic heterocycles. The maximum absolute atomic E-state index is 11.9. The molecular formula is C13H23NO2. The van der Waals surface area contributed by atoms with E-state index in [9.17, 15) is 4.79 Å². The Hall–Kier alpha value is -0.410. The zero-order valence-electron chi connectivity index (χ0n) is 10.4. The van der Waals surface area contributed by atoms with Crippen molar-refractivity contribution in [1.82, 2.24) is 4.90 Å². The van der Waals surface area contributed by atoms with Crippen LogP contribution in [-0.4, -0.2) is 42.5 Å². The van der Waals surface area contributed by atoms with Gasteiger partial charge in [-0.2, -0.15) is 0 Å². The number of ether oxygens (including phenoxy) is 1. The first-order valence-electron chi connectivity index (χ1n) is 6.60. The fourth-order valence-electron chi connectivity index (χ4n) is 2.79. The number of carbonyl (C=O) groups excluding carboxylic acids is 1. The lowest BCUT2D eigenvalue weighted by Crippen LogP contribution is -2.50. The highest BCUT2D eigenvalue weighted by Crippen LogP contribution is 2.29. The first-order chi connectivity index (χ1) is 7.72. The Morgan fingerprint density at radius 3 is 3.06 bits per heavy atom. The molecule has 16 heavy (non-hydrogen) atoms. The fourth-order valence-corrected chi connectivity index (χ4v) is 2.79. The molecule has 3 nitrogen and oxygen atoms in total. The molecule has 1 aliphatic carbocycles. The van der Waals surface area contributed by atoms with Crippen molar-refractivity contribution in [2.75, 3.05) is 19.7 Å². The second-order valence-electron chi connectivity index (χ2n) is 5.15. The molecule has 2 aliphatic rings. The summed E-state index contributed by atoms with van der Waals surface area (Å²) in [7, 11) is 0. The number of nitrogens with zero attached hydrogens (tertiary/aromatic N) is 1. The third-order valence-corrected chi connectivity index (χ3v) is 4.12. The molecule has 0 spiro atoms. The minimum atomic E-state index is 0.211. The van der Waals surface area contributed by atoms with Crippen LogP contribution in [0, 0.1) is 5.92 Å². The lowest BCUT2D eigenvalue weighted by Gasteiger charge is -2.37. The first-order valence-corrected chi connectivity index (χ1v) is 6.60. The van der Waals surface area contributed by atoms with Crippen molar-refractivity contribution in [2.24, 2.45) is 5.92 Å². The van der Waals surface area contributed by atoms with Gasteiger partial charge < -0.3 is 4.74 Å². The second kappa shape index (κ2) is 5.28. The van der Waals surface area contributed by atoms with Gasteiger partial charge >= 0.3 is 0 Å². The first kappa shape index (κ1) is 12.1. The van der Waals surface area contributed by atoms with Gasteiger partial charge in [-0.05, 0) is 25.7 Å². The Bertz CT molecular complexity index is 254. The van der Waals surface area contributed by atoms with Crippen LogP contribution in [0.1, 0.15) is 39.5 Å². The van der Waals surface area contributed by atoms with E-state index < -0.39 is 0 Å². The summed E-state index contributed by atoms with van der Waals surface area (Å²) >= 11 is 0. The molecule has 0 aromatic carbocycles. The van der Waals surface area contributed by atoms with Crippen LogP contribution in [0.5, 0.6) is 0 Å². The summed E-state index contributed by atoms with van der Waals surface area (Å²) in [5, 5.41) is 0. The molecule has 1 saturated carbocycles. The van der Waals surface area contributed by atoms with Crippen LogP contribution >= 0.6 is 0 Å². The Kier molecular flexibility index (Phi) is 3.98. The maximum Gasteiger partial charge on any atom is 0.149 e. The molecule has 2 fully saturated rings. The van der Waals surface area contributed by atoms with E-state index in [4.69, 9.17) is 4.74 Å². The van der Waals surface area contributed by atoms with Gasteiger partial charge in [0.05, 0.1) is 19.3 Å². The van der Waals surface area contributed by atoms with Crippen molar-refractivity contribution in [1.29, 1.82) is 0 Å². The Balaban J connectivity index is 1.91. The molecule has 0 amide bonds. The average molecular weight is 225 g/mol. The molecular weight excluding hydrogens is 202 g/mol. The zero-order chi connectivity index (χ0) is 11.5. The van der Waals surface area contributed by atoms with E-state index >= 15 is 0 Å². The SMILES string of the molecule is CCC(C)C(=O)CN1CCOC2CCCC21.